The smallest absolute Gasteiger partial charge is 0.150 e. The Kier molecular flexibility index (Phi) is 3.75. The Balaban J connectivity index is 1.76. The van der Waals surface area contributed by atoms with E-state index in [9.17, 15) is 0 Å². The van der Waals surface area contributed by atoms with Crippen molar-refractivity contribution in [1.29, 1.82) is 0 Å². The molecule has 2 fully saturated rings. The van der Waals surface area contributed by atoms with Gasteiger partial charge in [0.1, 0.15) is 0 Å². The number of nitrogens with one attached hydrogen (secondary N) is 1. The van der Waals surface area contributed by atoms with Crippen molar-refractivity contribution in [3.8, 4) is 0 Å². The van der Waals surface area contributed by atoms with E-state index in [1.165, 1.54) is 31.6 Å². The summed E-state index contributed by atoms with van der Waals surface area (Å²) in [5, 5.41) is 8.12. The van der Waals surface area contributed by atoms with Gasteiger partial charge in [-0.25, -0.2) is 0 Å². The van der Waals surface area contributed by atoms with Gasteiger partial charge in [-0.3, -0.25) is 4.68 Å². The summed E-state index contributed by atoms with van der Waals surface area (Å²) in [5.74, 6) is 1.81. The van der Waals surface area contributed by atoms with Crippen LogP contribution in [0.1, 0.15) is 24.5 Å². The number of piperazine rings is 1. The molecular weight excluding hydrogens is 238 g/mol. The minimum absolute atomic E-state index is 0.646. The first-order valence-corrected chi connectivity index (χ1v) is 7.42. The van der Waals surface area contributed by atoms with Crippen molar-refractivity contribution >= 4 is 5.82 Å². The Morgan fingerprint density at radius 1 is 1.21 bits per heavy atom. The highest BCUT2D eigenvalue weighted by Gasteiger charge is 2.23. The number of rotatable bonds is 2. The van der Waals surface area contributed by atoms with Crippen LogP contribution >= 0.6 is 0 Å². The highest BCUT2D eigenvalue weighted by molar-refractivity contribution is 5.41. The predicted octanol–water partition coefficient (Wildman–Crippen LogP) is 0.639. The molecule has 1 atom stereocenters. The lowest BCUT2D eigenvalue weighted by Crippen LogP contribution is -2.43. The number of anilines is 1. The molecule has 0 aliphatic carbocycles. The summed E-state index contributed by atoms with van der Waals surface area (Å²) in [6.45, 7) is 6.68. The fraction of sp³-hybridized carbons (Fsp3) is 0.786. The van der Waals surface area contributed by atoms with Crippen LogP contribution in [0, 0.1) is 0 Å². The van der Waals surface area contributed by atoms with Gasteiger partial charge in [0, 0.05) is 57.4 Å². The van der Waals surface area contributed by atoms with Gasteiger partial charge in [-0.05, 0) is 26.4 Å². The van der Waals surface area contributed by atoms with Gasteiger partial charge in [0.05, 0.1) is 0 Å². The fourth-order valence-electron chi connectivity index (χ4n) is 3.30. The van der Waals surface area contributed by atoms with Crippen molar-refractivity contribution in [1.82, 2.24) is 20.0 Å². The SMILES string of the molecule is CN1CCCC(c2cc(N3CCNCC3)nn2C)C1. The van der Waals surface area contributed by atoms with E-state index in [0.29, 0.717) is 5.92 Å². The van der Waals surface area contributed by atoms with Gasteiger partial charge in [-0.2, -0.15) is 5.10 Å². The Hall–Kier alpha value is -1.07. The molecule has 1 aromatic heterocycles. The van der Waals surface area contributed by atoms with Crippen LogP contribution in [0.3, 0.4) is 0 Å². The monoisotopic (exact) mass is 263 g/mol. The van der Waals surface area contributed by atoms with Gasteiger partial charge in [0.2, 0.25) is 0 Å². The van der Waals surface area contributed by atoms with Gasteiger partial charge < -0.3 is 15.1 Å². The van der Waals surface area contributed by atoms with Gasteiger partial charge in [-0.15, -0.1) is 0 Å². The molecule has 2 saturated heterocycles. The lowest BCUT2D eigenvalue weighted by atomic mass is 9.95. The van der Waals surface area contributed by atoms with Crippen LogP contribution in [0.2, 0.25) is 0 Å². The van der Waals surface area contributed by atoms with Crippen molar-refractivity contribution in [2.75, 3.05) is 51.2 Å². The second-order valence-corrected chi connectivity index (χ2v) is 5.89. The first kappa shape index (κ1) is 12.9. The number of aryl methyl sites for hydroxylation is 1. The average Bonchev–Trinajstić information content (AvgIpc) is 2.82. The van der Waals surface area contributed by atoms with Crippen LogP contribution in [-0.2, 0) is 7.05 Å². The lowest BCUT2D eigenvalue weighted by molar-refractivity contribution is 0.245. The van der Waals surface area contributed by atoms with Gasteiger partial charge in [0.15, 0.2) is 5.82 Å². The van der Waals surface area contributed by atoms with E-state index in [1.807, 2.05) is 0 Å². The molecule has 0 amide bonds. The van der Waals surface area contributed by atoms with E-state index >= 15 is 0 Å². The summed E-state index contributed by atoms with van der Waals surface area (Å²) < 4.78 is 2.10. The summed E-state index contributed by atoms with van der Waals surface area (Å²) in [6.07, 6.45) is 2.60. The maximum absolute atomic E-state index is 4.73. The normalized spacial score (nSPS) is 25.8. The molecule has 3 heterocycles. The molecule has 106 valence electrons. The molecular formula is C14H25N5. The first-order valence-electron chi connectivity index (χ1n) is 7.42. The largest absolute Gasteiger partial charge is 0.353 e. The average molecular weight is 263 g/mol. The maximum Gasteiger partial charge on any atom is 0.150 e. The Labute approximate surface area is 115 Å². The van der Waals surface area contributed by atoms with Gasteiger partial charge in [-0.1, -0.05) is 0 Å². The summed E-state index contributed by atoms with van der Waals surface area (Å²) in [7, 11) is 4.31. The summed E-state index contributed by atoms with van der Waals surface area (Å²) in [5.41, 5.74) is 1.40. The molecule has 5 heteroatoms. The van der Waals surface area contributed by atoms with Crippen molar-refractivity contribution in [2.24, 2.45) is 7.05 Å². The van der Waals surface area contributed by atoms with Crippen molar-refractivity contribution in [3.05, 3.63) is 11.8 Å². The Morgan fingerprint density at radius 3 is 2.74 bits per heavy atom. The van der Waals surface area contributed by atoms with Crippen LogP contribution < -0.4 is 10.2 Å². The molecule has 1 aromatic rings. The highest BCUT2D eigenvalue weighted by atomic mass is 15.4. The van der Waals surface area contributed by atoms with E-state index in [2.05, 4.69) is 40.0 Å². The number of aromatic nitrogens is 2. The topological polar surface area (TPSA) is 36.3 Å². The molecule has 2 aliphatic rings. The number of hydrogen-bond donors (Lipinski definition) is 1. The second-order valence-electron chi connectivity index (χ2n) is 5.89. The standard InChI is InChI=1S/C14H25N5/c1-17-7-3-4-12(11-17)13-10-14(16-18(13)2)19-8-5-15-6-9-19/h10,12,15H,3-9,11H2,1-2H3. The molecule has 1 N–H and O–H groups in total. The number of piperidine rings is 1. The molecule has 5 nitrogen and oxygen atoms in total. The van der Waals surface area contributed by atoms with Crippen LogP contribution in [0.15, 0.2) is 6.07 Å². The van der Waals surface area contributed by atoms with Crippen molar-refractivity contribution < 1.29 is 0 Å². The Morgan fingerprint density at radius 2 is 2.00 bits per heavy atom. The minimum atomic E-state index is 0.646. The lowest BCUT2D eigenvalue weighted by Gasteiger charge is -2.29. The van der Waals surface area contributed by atoms with E-state index in [0.717, 1.165) is 32.0 Å². The van der Waals surface area contributed by atoms with Crippen LogP contribution in [0.4, 0.5) is 5.82 Å². The number of likely N-dealkylation sites (N-methyl/N-ethyl adjacent to an activating group) is 1. The molecule has 3 rings (SSSR count). The second kappa shape index (κ2) is 5.51. The quantitative estimate of drug-likeness (QED) is 0.849. The zero-order chi connectivity index (χ0) is 13.2. The zero-order valence-corrected chi connectivity index (χ0v) is 12.1. The third-order valence-corrected chi connectivity index (χ3v) is 4.39. The minimum Gasteiger partial charge on any atom is -0.353 e. The highest BCUT2D eigenvalue weighted by Crippen LogP contribution is 2.28. The van der Waals surface area contributed by atoms with Crippen LogP contribution in [0.25, 0.3) is 0 Å². The zero-order valence-electron chi connectivity index (χ0n) is 12.1. The molecule has 0 radical (unpaired) electrons. The van der Waals surface area contributed by atoms with Crippen molar-refractivity contribution in [2.45, 2.75) is 18.8 Å². The third-order valence-electron chi connectivity index (χ3n) is 4.39. The number of likely N-dealkylation sites (tertiary alicyclic amines) is 1. The molecule has 2 aliphatic heterocycles. The van der Waals surface area contributed by atoms with Crippen LogP contribution in [0.5, 0.6) is 0 Å². The maximum atomic E-state index is 4.73. The van der Waals surface area contributed by atoms with E-state index in [-0.39, 0.29) is 0 Å². The predicted molar refractivity (Wildman–Crippen MR) is 77.8 cm³/mol. The van der Waals surface area contributed by atoms with E-state index < -0.39 is 0 Å². The number of nitrogens with zero attached hydrogens (tertiary/aromatic N) is 4. The number of hydrogen-bond acceptors (Lipinski definition) is 4. The molecule has 0 spiro atoms. The summed E-state index contributed by atoms with van der Waals surface area (Å²) in [4.78, 5) is 4.83. The summed E-state index contributed by atoms with van der Waals surface area (Å²) >= 11 is 0. The molecule has 1 unspecified atom stereocenters. The fourth-order valence-corrected chi connectivity index (χ4v) is 3.30. The molecule has 0 bridgehead atoms. The third kappa shape index (κ3) is 2.77. The van der Waals surface area contributed by atoms with Crippen molar-refractivity contribution in [3.63, 3.8) is 0 Å². The molecule has 0 saturated carbocycles. The van der Waals surface area contributed by atoms with Crippen LogP contribution in [-0.4, -0.2) is 61.0 Å². The molecule has 19 heavy (non-hydrogen) atoms. The Bertz CT molecular complexity index is 421. The van der Waals surface area contributed by atoms with E-state index in [1.54, 1.807) is 0 Å². The first-order chi connectivity index (χ1) is 9.24. The van der Waals surface area contributed by atoms with Gasteiger partial charge >= 0.3 is 0 Å². The molecule has 0 aromatic carbocycles. The van der Waals surface area contributed by atoms with E-state index in [4.69, 9.17) is 5.10 Å². The van der Waals surface area contributed by atoms with Gasteiger partial charge in [0.25, 0.3) is 0 Å². The summed E-state index contributed by atoms with van der Waals surface area (Å²) in [6, 6.07) is 2.31.